The van der Waals surface area contributed by atoms with Crippen molar-refractivity contribution in [3.8, 4) is 0 Å². The summed E-state index contributed by atoms with van der Waals surface area (Å²) in [4.78, 5) is 23.6. The van der Waals surface area contributed by atoms with Crippen molar-refractivity contribution < 1.29 is 9.59 Å². The number of hydrogen-bond donors (Lipinski definition) is 2. The molecule has 0 aliphatic carbocycles. The van der Waals surface area contributed by atoms with Crippen LogP contribution in [-0.4, -0.2) is 18.0 Å². The lowest BCUT2D eigenvalue weighted by atomic mass is 10.1. The Balaban J connectivity index is 1.95. The number of para-hydroxylation sites is 1. The summed E-state index contributed by atoms with van der Waals surface area (Å²) in [5, 5.41) is 6.95. The quantitative estimate of drug-likeness (QED) is 0.516. The highest BCUT2D eigenvalue weighted by atomic mass is 35.5. The van der Waals surface area contributed by atoms with E-state index in [2.05, 4.69) is 15.8 Å². The molecule has 5 nitrogen and oxygen atoms in total. The highest BCUT2D eigenvalue weighted by Gasteiger charge is 2.14. The molecule has 2 N–H and O–H groups in total. The van der Waals surface area contributed by atoms with Crippen LogP contribution < -0.4 is 10.7 Å². The number of nitrogens with one attached hydrogen (secondary N) is 2. The molecule has 0 heterocycles. The van der Waals surface area contributed by atoms with E-state index in [9.17, 15) is 9.59 Å². The molecule has 2 rings (SSSR count). The number of anilines is 1. The van der Waals surface area contributed by atoms with Crippen LogP contribution in [0.5, 0.6) is 0 Å². The van der Waals surface area contributed by atoms with Crippen molar-refractivity contribution >= 4 is 35.3 Å². The average molecular weight is 330 g/mol. The number of benzene rings is 2. The molecule has 0 spiro atoms. The fraction of sp³-hybridized carbons (Fsp3) is 0.118. The molecule has 6 heteroatoms. The third-order valence-electron chi connectivity index (χ3n) is 3.18. The van der Waals surface area contributed by atoms with Crippen LogP contribution in [0.1, 0.15) is 16.7 Å². The Morgan fingerprint density at radius 3 is 2.22 bits per heavy atom. The Kier molecular flexibility index (Phi) is 5.49. The van der Waals surface area contributed by atoms with Gasteiger partial charge in [-0.15, -0.1) is 0 Å². The van der Waals surface area contributed by atoms with Gasteiger partial charge in [0.1, 0.15) is 0 Å². The maximum atomic E-state index is 11.9. The molecular formula is C17H16ClN3O2. The number of carbonyl (C=O) groups is 2. The number of rotatable bonds is 3. The monoisotopic (exact) mass is 329 g/mol. The largest absolute Gasteiger partial charge is 0.329 e. The molecule has 0 bridgehead atoms. The zero-order valence-corrected chi connectivity index (χ0v) is 13.5. The zero-order chi connectivity index (χ0) is 16.8. The first-order valence-electron chi connectivity index (χ1n) is 6.93. The Hall–Kier alpha value is -2.66. The smallest absolute Gasteiger partial charge is 0.317 e. The number of halogens is 1. The number of amides is 2. The minimum absolute atomic E-state index is 0.610. The van der Waals surface area contributed by atoms with Crippen molar-refractivity contribution in [3.63, 3.8) is 0 Å². The predicted molar refractivity (Wildman–Crippen MR) is 91.7 cm³/mol. The lowest BCUT2D eigenvalue weighted by Gasteiger charge is -2.10. The van der Waals surface area contributed by atoms with E-state index in [0.29, 0.717) is 10.7 Å². The minimum atomic E-state index is -0.835. The van der Waals surface area contributed by atoms with E-state index in [1.807, 2.05) is 32.0 Å². The van der Waals surface area contributed by atoms with Crippen molar-refractivity contribution in [1.82, 2.24) is 5.43 Å². The van der Waals surface area contributed by atoms with Gasteiger partial charge in [-0.1, -0.05) is 41.9 Å². The van der Waals surface area contributed by atoms with E-state index in [0.717, 1.165) is 16.7 Å². The summed E-state index contributed by atoms with van der Waals surface area (Å²) in [6, 6.07) is 12.5. The van der Waals surface area contributed by atoms with Gasteiger partial charge in [-0.3, -0.25) is 9.59 Å². The van der Waals surface area contributed by atoms with Crippen LogP contribution in [0.4, 0.5) is 5.69 Å². The van der Waals surface area contributed by atoms with Gasteiger partial charge >= 0.3 is 11.8 Å². The molecule has 0 radical (unpaired) electrons. The normalized spacial score (nSPS) is 10.6. The van der Waals surface area contributed by atoms with Crippen molar-refractivity contribution in [2.24, 2.45) is 5.10 Å². The third-order valence-corrected chi connectivity index (χ3v) is 3.43. The Morgan fingerprint density at radius 1 is 1.00 bits per heavy atom. The first-order valence-corrected chi connectivity index (χ1v) is 7.31. The van der Waals surface area contributed by atoms with E-state index in [4.69, 9.17) is 11.6 Å². The fourth-order valence-corrected chi connectivity index (χ4v) is 2.07. The molecule has 0 fully saturated rings. The summed E-state index contributed by atoms with van der Waals surface area (Å²) in [5.74, 6) is -1.60. The number of hydrogen-bond acceptors (Lipinski definition) is 3. The SMILES string of the molecule is Cc1cccc(C)c1NC(=O)C(=O)N/N=C/c1ccc(Cl)cc1. The average Bonchev–Trinajstić information content (AvgIpc) is 2.52. The predicted octanol–water partition coefficient (Wildman–Crippen LogP) is 3.05. The van der Waals surface area contributed by atoms with Gasteiger partial charge in [0.2, 0.25) is 0 Å². The van der Waals surface area contributed by atoms with Crippen LogP contribution in [0, 0.1) is 13.8 Å². The van der Waals surface area contributed by atoms with E-state index in [1.54, 1.807) is 24.3 Å². The van der Waals surface area contributed by atoms with Crippen LogP contribution in [0.2, 0.25) is 5.02 Å². The van der Waals surface area contributed by atoms with Crippen LogP contribution in [0.3, 0.4) is 0 Å². The summed E-state index contributed by atoms with van der Waals surface area (Å²) in [6.07, 6.45) is 1.43. The van der Waals surface area contributed by atoms with Gasteiger partial charge in [-0.05, 0) is 42.7 Å². The second kappa shape index (κ2) is 7.56. The minimum Gasteiger partial charge on any atom is -0.317 e. The van der Waals surface area contributed by atoms with Crippen molar-refractivity contribution in [2.75, 3.05) is 5.32 Å². The number of carbonyl (C=O) groups excluding carboxylic acids is 2. The highest BCUT2D eigenvalue weighted by Crippen LogP contribution is 2.19. The van der Waals surface area contributed by atoms with Gasteiger partial charge in [0, 0.05) is 10.7 Å². The standard InChI is InChI=1S/C17H16ClN3O2/c1-11-4-3-5-12(2)15(11)20-16(22)17(23)21-19-10-13-6-8-14(18)9-7-13/h3-10H,1-2H3,(H,20,22)(H,21,23)/b19-10+. The number of nitrogens with zero attached hydrogens (tertiary/aromatic N) is 1. The maximum absolute atomic E-state index is 11.9. The van der Waals surface area contributed by atoms with Crippen molar-refractivity contribution in [2.45, 2.75) is 13.8 Å². The lowest BCUT2D eigenvalue weighted by molar-refractivity contribution is -0.136. The van der Waals surface area contributed by atoms with Crippen LogP contribution in [-0.2, 0) is 9.59 Å². The van der Waals surface area contributed by atoms with Gasteiger partial charge in [-0.25, -0.2) is 5.43 Å². The van der Waals surface area contributed by atoms with Crippen LogP contribution in [0.25, 0.3) is 0 Å². The Bertz CT molecular complexity index is 735. The molecular weight excluding hydrogens is 314 g/mol. The number of hydrazone groups is 1. The molecule has 0 aliphatic rings. The van der Waals surface area contributed by atoms with Gasteiger partial charge in [0.25, 0.3) is 0 Å². The van der Waals surface area contributed by atoms with E-state index < -0.39 is 11.8 Å². The van der Waals surface area contributed by atoms with Crippen molar-refractivity contribution in [3.05, 3.63) is 64.2 Å². The Labute approximate surface area is 139 Å². The number of aryl methyl sites for hydroxylation is 2. The highest BCUT2D eigenvalue weighted by molar-refractivity contribution is 6.39. The molecule has 2 aromatic carbocycles. The van der Waals surface area contributed by atoms with Crippen LogP contribution in [0.15, 0.2) is 47.6 Å². The van der Waals surface area contributed by atoms with Gasteiger partial charge < -0.3 is 5.32 Å². The summed E-state index contributed by atoms with van der Waals surface area (Å²) < 4.78 is 0. The summed E-state index contributed by atoms with van der Waals surface area (Å²) >= 11 is 5.77. The molecule has 0 saturated carbocycles. The molecule has 0 aromatic heterocycles. The topological polar surface area (TPSA) is 70.6 Å². The van der Waals surface area contributed by atoms with Gasteiger partial charge in [-0.2, -0.15) is 5.10 Å². The van der Waals surface area contributed by atoms with E-state index in [-0.39, 0.29) is 0 Å². The molecule has 0 unspecified atom stereocenters. The molecule has 2 aromatic rings. The third kappa shape index (κ3) is 4.66. The summed E-state index contributed by atoms with van der Waals surface area (Å²) in [7, 11) is 0. The molecule has 23 heavy (non-hydrogen) atoms. The second-order valence-corrected chi connectivity index (χ2v) is 5.41. The summed E-state index contributed by atoms with van der Waals surface area (Å²) in [6.45, 7) is 3.72. The maximum Gasteiger partial charge on any atom is 0.329 e. The summed E-state index contributed by atoms with van der Waals surface area (Å²) in [5.41, 5.74) is 5.35. The molecule has 0 aliphatic heterocycles. The van der Waals surface area contributed by atoms with E-state index in [1.165, 1.54) is 6.21 Å². The van der Waals surface area contributed by atoms with Gasteiger partial charge in [0.05, 0.1) is 6.21 Å². The zero-order valence-electron chi connectivity index (χ0n) is 12.8. The van der Waals surface area contributed by atoms with Gasteiger partial charge in [0.15, 0.2) is 0 Å². The molecule has 0 saturated heterocycles. The first-order chi connectivity index (χ1) is 11.0. The second-order valence-electron chi connectivity index (χ2n) is 4.97. The molecule has 118 valence electrons. The van der Waals surface area contributed by atoms with Crippen LogP contribution >= 0.6 is 11.6 Å². The van der Waals surface area contributed by atoms with E-state index >= 15 is 0 Å². The molecule has 0 atom stereocenters. The first kappa shape index (κ1) is 16.7. The van der Waals surface area contributed by atoms with Crippen molar-refractivity contribution in [1.29, 1.82) is 0 Å². The molecule has 2 amide bonds. The fourth-order valence-electron chi connectivity index (χ4n) is 1.95. The lowest BCUT2D eigenvalue weighted by Crippen LogP contribution is -2.32. The Morgan fingerprint density at radius 2 is 1.61 bits per heavy atom.